The minimum absolute atomic E-state index is 0.156. The molecule has 0 saturated carbocycles. The molecule has 9 heteroatoms. The molecule has 0 aromatic heterocycles. The average molecular weight is 347 g/mol. The van der Waals surface area contributed by atoms with Gasteiger partial charge < -0.3 is 0 Å². The predicted octanol–water partition coefficient (Wildman–Crippen LogP) is 0.108. The summed E-state index contributed by atoms with van der Waals surface area (Å²) in [5.41, 5.74) is 0.870. The van der Waals surface area contributed by atoms with Crippen molar-refractivity contribution in [2.24, 2.45) is 0 Å². The Bertz CT molecular complexity index is 736. The van der Waals surface area contributed by atoms with E-state index >= 15 is 0 Å². The van der Waals surface area contributed by atoms with Crippen LogP contribution < -0.4 is 0 Å². The number of rotatable bonds is 4. The fourth-order valence-electron chi connectivity index (χ4n) is 2.30. The molecule has 0 unspecified atom stereocenters. The molecule has 1 fully saturated rings. The maximum Gasteiger partial charge on any atom is 0.281 e. The van der Waals surface area contributed by atoms with Gasteiger partial charge in [-0.15, -0.1) is 0 Å². The van der Waals surface area contributed by atoms with Gasteiger partial charge in [-0.05, 0) is 24.6 Å². The monoisotopic (exact) mass is 347 g/mol. The van der Waals surface area contributed by atoms with Crippen LogP contribution in [-0.4, -0.2) is 70.0 Å². The lowest BCUT2D eigenvalue weighted by atomic mass is 10.2. The van der Waals surface area contributed by atoms with Gasteiger partial charge >= 0.3 is 0 Å². The van der Waals surface area contributed by atoms with Crippen molar-refractivity contribution >= 4 is 20.2 Å². The Morgan fingerprint density at radius 3 is 2.00 bits per heavy atom. The van der Waals surface area contributed by atoms with E-state index in [1.807, 2.05) is 13.0 Å². The van der Waals surface area contributed by atoms with E-state index in [4.69, 9.17) is 0 Å². The molecule has 1 heterocycles. The highest BCUT2D eigenvalue weighted by Crippen LogP contribution is 2.19. The van der Waals surface area contributed by atoms with E-state index in [9.17, 15) is 16.8 Å². The van der Waals surface area contributed by atoms with E-state index in [0.717, 1.165) is 9.87 Å². The Morgan fingerprint density at radius 1 is 0.955 bits per heavy atom. The first-order valence-electron chi connectivity index (χ1n) is 6.90. The lowest BCUT2D eigenvalue weighted by Crippen LogP contribution is -2.52. The molecule has 0 radical (unpaired) electrons. The number of aryl methyl sites for hydroxylation is 1. The molecule has 1 aromatic rings. The number of piperazine rings is 1. The molecule has 1 aliphatic rings. The minimum Gasteiger partial charge on any atom is -0.207 e. The summed E-state index contributed by atoms with van der Waals surface area (Å²) >= 11 is 0. The third-order valence-corrected chi connectivity index (χ3v) is 7.45. The summed E-state index contributed by atoms with van der Waals surface area (Å²) in [5, 5.41) is 0. The van der Waals surface area contributed by atoms with Crippen molar-refractivity contribution in [3.63, 3.8) is 0 Å². The fourth-order valence-corrected chi connectivity index (χ4v) is 4.91. The summed E-state index contributed by atoms with van der Waals surface area (Å²) in [7, 11) is -4.14. The van der Waals surface area contributed by atoms with E-state index in [2.05, 4.69) is 0 Å². The van der Waals surface area contributed by atoms with Crippen molar-refractivity contribution in [3.8, 4) is 0 Å². The largest absolute Gasteiger partial charge is 0.281 e. The molecule has 7 nitrogen and oxygen atoms in total. The van der Waals surface area contributed by atoms with E-state index in [-0.39, 0.29) is 31.1 Å². The molecule has 0 atom stereocenters. The second-order valence-electron chi connectivity index (χ2n) is 5.41. The van der Waals surface area contributed by atoms with Gasteiger partial charge in [-0.25, -0.2) is 8.42 Å². The van der Waals surface area contributed by atoms with Crippen molar-refractivity contribution in [1.82, 2.24) is 12.9 Å². The quantitative estimate of drug-likeness (QED) is 0.774. The Morgan fingerprint density at radius 2 is 1.50 bits per heavy atom. The number of nitrogens with zero attached hydrogens (tertiary/aromatic N) is 3. The second-order valence-corrected chi connectivity index (χ2v) is 9.49. The minimum atomic E-state index is -3.58. The van der Waals surface area contributed by atoms with Gasteiger partial charge in [-0.2, -0.15) is 21.3 Å². The number of sulfonamides is 1. The Balaban J connectivity index is 2.15. The molecular formula is C13H21N3O4S2. The highest BCUT2D eigenvalue weighted by molar-refractivity contribution is 7.89. The molecule has 2 rings (SSSR count). The lowest BCUT2D eigenvalue weighted by Gasteiger charge is -2.34. The van der Waals surface area contributed by atoms with Crippen LogP contribution in [0.3, 0.4) is 0 Å². The molecule has 1 aliphatic heterocycles. The smallest absolute Gasteiger partial charge is 0.207 e. The topological polar surface area (TPSA) is 78.0 Å². The maximum absolute atomic E-state index is 12.6. The molecule has 0 N–H and O–H groups in total. The molecule has 0 bridgehead atoms. The zero-order valence-corrected chi connectivity index (χ0v) is 14.6. The summed E-state index contributed by atoms with van der Waals surface area (Å²) in [6.07, 6.45) is 0. The van der Waals surface area contributed by atoms with Crippen LogP contribution in [0.25, 0.3) is 0 Å². The van der Waals surface area contributed by atoms with Gasteiger partial charge in [0, 0.05) is 40.3 Å². The van der Waals surface area contributed by atoms with Crippen LogP contribution in [0.5, 0.6) is 0 Å². The molecule has 0 aliphatic carbocycles. The molecule has 22 heavy (non-hydrogen) atoms. The van der Waals surface area contributed by atoms with Crippen LogP contribution in [0.15, 0.2) is 29.2 Å². The van der Waals surface area contributed by atoms with Crippen molar-refractivity contribution in [3.05, 3.63) is 29.8 Å². The first-order chi connectivity index (χ1) is 10.2. The Kier molecular flexibility index (Phi) is 4.93. The molecule has 1 saturated heterocycles. The molecule has 0 spiro atoms. The van der Waals surface area contributed by atoms with Crippen molar-refractivity contribution in [2.75, 3.05) is 40.3 Å². The zero-order chi connectivity index (χ0) is 16.5. The number of hydrogen-bond acceptors (Lipinski definition) is 4. The highest BCUT2D eigenvalue weighted by atomic mass is 32.2. The summed E-state index contributed by atoms with van der Waals surface area (Å²) in [5.74, 6) is 0. The van der Waals surface area contributed by atoms with Crippen molar-refractivity contribution in [2.45, 2.75) is 11.8 Å². The number of benzene rings is 1. The molecule has 0 amide bonds. The summed E-state index contributed by atoms with van der Waals surface area (Å²) in [4.78, 5) is 0.247. The van der Waals surface area contributed by atoms with Gasteiger partial charge in [-0.3, -0.25) is 0 Å². The summed E-state index contributed by atoms with van der Waals surface area (Å²) in [6, 6.07) is 6.72. The first kappa shape index (κ1) is 17.4. The standard InChI is InChI=1S/C13H21N3O4S2/c1-12-5-4-6-13(11-12)21(17,18)15-7-9-16(10-8-15)22(19,20)14(2)3/h4-6,11H,7-10H2,1-3H3. The highest BCUT2D eigenvalue weighted by Gasteiger charge is 2.33. The van der Waals surface area contributed by atoms with Crippen LogP contribution in [-0.2, 0) is 20.2 Å². The maximum atomic E-state index is 12.6. The van der Waals surface area contributed by atoms with Crippen LogP contribution in [0.2, 0.25) is 0 Å². The van der Waals surface area contributed by atoms with E-state index in [1.165, 1.54) is 22.7 Å². The van der Waals surface area contributed by atoms with Gasteiger partial charge in [0.2, 0.25) is 10.0 Å². The van der Waals surface area contributed by atoms with Gasteiger partial charge in [0.05, 0.1) is 4.90 Å². The normalized spacial score (nSPS) is 18.7. The summed E-state index contributed by atoms with van der Waals surface area (Å²) in [6.45, 7) is 2.46. The van der Waals surface area contributed by atoms with Crippen LogP contribution in [0.4, 0.5) is 0 Å². The van der Waals surface area contributed by atoms with E-state index in [1.54, 1.807) is 18.2 Å². The Hall–Kier alpha value is -1.00. The number of hydrogen-bond donors (Lipinski definition) is 0. The van der Waals surface area contributed by atoms with Crippen LogP contribution >= 0.6 is 0 Å². The van der Waals surface area contributed by atoms with Crippen molar-refractivity contribution < 1.29 is 16.8 Å². The van der Waals surface area contributed by atoms with E-state index < -0.39 is 20.2 Å². The third kappa shape index (κ3) is 3.33. The lowest BCUT2D eigenvalue weighted by molar-refractivity contribution is 0.262. The predicted molar refractivity (Wildman–Crippen MR) is 84.1 cm³/mol. The van der Waals surface area contributed by atoms with Crippen LogP contribution in [0, 0.1) is 6.92 Å². The summed E-state index contributed by atoms with van der Waals surface area (Å²) < 4.78 is 53.0. The first-order valence-corrected chi connectivity index (χ1v) is 9.74. The van der Waals surface area contributed by atoms with Gasteiger partial charge in [0.1, 0.15) is 0 Å². The fraction of sp³-hybridized carbons (Fsp3) is 0.538. The molecular weight excluding hydrogens is 326 g/mol. The average Bonchev–Trinajstić information content (AvgIpc) is 2.47. The van der Waals surface area contributed by atoms with Crippen LogP contribution in [0.1, 0.15) is 5.56 Å². The van der Waals surface area contributed by atoms with E-state index in [0.29, 0.717) is 0 Å². The van der Waals surface area contributed by atoms with Crippen molar-refractivity contribution in [1.29, 1.82) is 0 Å². The van der Waals surface area contributed by atoms with Gasteiger partial charge in [0.15, 0.2) is 0 Å². The molecule has 1 aromatic carbocycles. The second kappa shape index (κ2) is 6.25. The Labute approximate surface area is 132 Å². The zero-order valence-electron chi connectivity index (χ0n) is 12.9. The third-order valence-electron chi connectivity index (χ3n) is 3.61. The van der Waals surface area contributed by atoms with Gasteiger partial charge in [0.25, 0.3) is 10.2 Å². The van der Waals surface area contributed by atoms with Gasteiger partial charge in [-0.1, -0.05) is 12.1 Å². The molecule has 124 valence electrons. The SMILES string of the molecule is Cc1cccc(S(=O)(=O)N2CCN(S(=O)(=O)N(C)C)CC2)c1.